The molecule has 1 fully saturated rings. The van der Waals surface area contributed by atoms with Crippen LogP contribution in [0.15, 0.2) is 0 Å². The Bertz CT molecular complexity index is 97.7. The van der Waals surface area contributed by atoms with E-state index >= 15 is 0 Å². The Labute approximate surface area is 77.6 Å². The molecule has 0 aromatic heterocycles. The summed E-state index contributed by atoms with van der Waals surface area (Å²) in [6, 6.07) is 0. The summed E-state index contributed by atoms with van der Waals surface area (Å²) < 4.78 is 5.49. The van der Waals surface area contributed by atoms with Gasteiger partial charge in [-0.05, 0) is 31.6 Å². The minimum atomic E-state index is 0.539. The van der Waals surface area contributed by atoms with Crippen LogP contribution in [0.2, 0.25) is 0 Å². The average molecular weight is 221 g/mol. The Morgan fingerprint density at radius 2 is 1.91 bits per heavy atom. The van der Waals surface area contributed by atoms with Crippen LogP contribution in [0.25, 0.3) is 0 Å². The molecule has 1 rings (SSSR count). The predicted octanol–water partition coefficient (Wildman–Crippen LogP) is 3.32. The fraction of sp³-hybridized carbons (Fsp3) is 1.00. The van der Waals surface area contributed by atoms with Crippen molar-refractivity contribution in [3.63, 3.8) is 0 Å². The Kier molecular flexibility index (Phi) is 4.46. The van der Waals surface area contributed by atoms with Crippen LogP contribution in [-0.2, 0) is 4.74 Å². The Hall–Kier alpha value is 0.440. The second-order valence-corrected chi connectivity index (χ2v) is 3.78. The molecule has 1 aliphatic rings. The van der Waals surface area contributed by atoms with Crippen LogP contribution < -0.4 is 0 Å². The van der Waals surface area contributed by atoms with E-state index in [4.69, 9.17) is 4.74 Å². The molecule has 66 valence electrons. The Morgan fingerprint density at radius 3 is 2.36 bits per heavy atom. The summed E-state index contributed by atoms with van der Waals surface area (Å²) in [7, 11) is 0. The quantitative estimate of drug-likeness (QED) is 0.664. The molecule has 0 aromatic carbocycles. The second-order valence-electron chi connectivity index (χ2n) is 3.33. The predicted molar refractivity (Wildman–Crippen MR) is 50.9 cm³/mol. The van der Waals surface area contributed by atoms with E-state index in [0.717, 1.165) is 5.92 Å². The molecule has 0 aliphatic heterocycles. The molecule has 0 radical (unpaired) electrons. The fourth-order valence-corrected chi connectivity index (χ4v) is 2.17. The molecule has 0 N–H and O–H groups in total. The molecule has 0 aromatic rings. The number of ether oxygens (including phenoxy) is 1. The summed E-state index contributed by atoms with van der Waals surface area (Å²) in [4.78, 5) is 0. The number of rotatable bonds is 3. The maximum absolute atomic E-state index is 5.49. The van der Waals surface area contributed by atoms with Crippen molar-refractivity contribution in [1.82, 2.24) is 0 Å². The summed E-state index contributed by atoms with van der Waals surface area (Å²) in [6.45, 7) is 2.29. The van der Waals surface area contributed by atoms with E-state index < -0.39 is 0 Å². The summed E-state index contributed by atoms with van der Waals surface area (Å²) >= 11 is 3.29. The van der Waals surface area contributed by atoms with E-state index in [1.165, 1.54) is 32.1 Å². The van der Waals surface area contributed by atoms with Crippen LogP contribution in [0, 0.1) is 5.92 Å². The van der Waals surface area contributed by atoms with E-state index in [2.05, 4.69) is 22.9 Å². The lowest BCUT2D eigenvalue weighted by Gasteiger charge is -2.27. The maximum atomic E-state index is 5.49. The zero-order valence-corrected chi connectivity index (χ0v) is 8.77. The lowest BCUT2D eigenvalue weighted by Crippen LogP contribution is -2.20. The molecule has 2 heteroatoms. The molecule has 1 aliphatic carbocycles. The van der Waals surface area contributed by atoms with Gasteiger partial charge in [-0.25, -0.2) is 0 Å². The van der Waals surface area contributed by atoms with Gasteiger partial charge in [0.05, 0.1) is 6.10 Å². The Morgan fingerprint density at radius 1 is 1.27 bits per heavy atom. The molecule has 0 bridgehead atoms. The summed E-state index contributed by atoms with van der Waals surface area (Å²) in [6.07, 6.45) is 7.16. The van der Waals surface area contributed by atoms with Gasteiger partial charge < -0.3 is 4.74 Å². The van der Waals surface area contributed by atoms with Crippen molar-refractivity contribution >= 4 is 15.9 Å². The zero-order chi connectivity index (χ0) is 8.10. The van der Waals surface area contributed by atoms with Gasteiger partial charge in [-0.1, -0.05) is 29.3 Å². The van der Waals surface area contributed by atoms with Crippen LogP contribution in [0.1, 0.15) is 39.0 Å². The van der Waals surface area contributed by atoms with E-state index in [0.29, 0.717) is 11.6 Å². The van der Waals surface area contributed by atoms with Crippen molar-refractivity contribution in [3.05, 3.63) is 0 Å². The molecule has 0 saturated heterocycles. The smallest absolute Gasteiger partial charge is 0.102 e. The van der Waals surface area contributed by atoms with Gasteiger partial charge in [0.2, 0.25) is 0 Å². The van der Waals surface area contributed by atoms with Gasteiger partial charge in [-0.15, -0.1) is 0 Å². The first kappa shape index (κ1) is 9.53. The first-order chi connectivity index (χ1) is 5.36. The van der Waals surface area contributed by atoms with Gasteiger partial charge in [-0.2, -0.15) is 0 Å². The van der Waals surface area contributed by atoms with Crippen LogP contribution >= 0.6 is 15.9 Å². The van der Waals surface area contributed by atoms with E-state index in [-0.39, 0.29) is 0 Å². The standard InChI is InChI=1S/C9H17BrO/c1-2-8-3-5-9(6-4-8)11-7-10/h8-9H,2-7H2,1H3. The maximum Gasteiger partial charge on any atom is 0.102 e. The number of halogens is 1. The van der Waals surface area contributed by atoms with Crippen LogP contribution in [0.3, 0.4) is 0 Å². The highest BCUT2D eigenvalue weighted by Gasteiger charge is 2.19. The topological polar surface area (TPSA) is 9.23 Å². The lowest BCUT2D eigenvalue weighted by molar-refractivity contribution is 0.0487. The molecule has 11 heavy (non-hydrogen) atoms. The number of hydrogen-bond donors (Lipinski definition) is 0. The summed E-state index contributed by atoms with van der Waals surface area (Å²) in [5.74, 6) is 0.977. The van der Waals surface area contributed by atoms with Gasteiger partial charge in [0.25, 0.3) is 0 Å². The van der Waals surface area contributed by atoms with Crippen molar-refractivity contribution in [1.29, 1.82) is 0 Å². The molecular formula is C9H17BrO. The van der Waals surface area contributed by atoms with E-state index in [1.54, 1.807) is 0 Å². The van der Waals surface area contributed by atoms with Gasteiger partial charge in [0.1, 0.15) is 5.52 Å². The molecule has 0 atom stereocenters. The van der Waals surface area contributed by atoms with Gasteiger partial charge in [0, 0.05) is 0 Å². The largest absolute Gasteiger partial charge is 0.367 e. The Balaban J connectivity index is 2.14. The second kappa shape index (κ2) is 5.15. The lowest BCUT2D eigenvalue weighted by atomic mass is 9.86. The molecule has 0 unspecified atom stereocenters. The van der Waals surface area contributed by atoms with Gasteiger partial charge in [0.15, 0.2) is 0 Å². The molecule has 1 saturated carbocycles. The molecule has 0 heterocycles. The van der Waals surface area contributed by atoms with Crippen molar-refractivity contribution in [2.75, 3.05) is 5.52 Å². The summed E-state index contributed by atoms with van der Waals surface area (Å²) in [5.41, 5.74) is 0.703. The average Bonchev–Trinajstić information content (AvgIpc) is 2.07. The number of alkyl halides is 1. The monoisotopic (exact) mass is 220 g/mol. The minimum Gasteiger partial charge on any atom is -0.367 e. The van der Waals surface area contributed by atoms with Crippen molar-refractivity contribution in [2.24, 2.45) is 5.92 Å². The van der Waals surface area contributed by atoms with Crippen molar-refractivity contribution in [3.8, 4) is 0 Å². The van der Waals surface area contributed by atoms with Crippen LogP contribution in [0.4, 0.5) is 0 Å². The SMILES string of the molecule is CCC1CCC(OCBr)CC1. The first-order valence-corrected chi connectivity index (χ1v) is 5.66. The zero-order valence-electron chi connectivity index (χ0n) is 7.18. The molecule has 0 amide bonds. The molecule has 1 nitrogen and oxygen atoms in total. The van der Waals surface area contributed by atoms with Crippen LogP contribution in [0.5, 0.6) is 0 Å². The van der Waals surface area contributed by atoms with Gasteiger partial charge in [-0.3, -0.25) is 0 Å². The van der Waals surface area contributed by atoms with Crippen LogP contribution in [-0.4, -0.2) is 11.6 Å². The fourth-order valence-electron chi connectivity index (χ4n) is 1.80. The highest BCUT2D eigenvalue weighted by atomic mass is 79.9. The minimum absolute atomic E-state index is 0.539. The number of hydrogen-bond acceptors (Lipinski definition) is 1. The third-order valence-corrected chi connectivity index (χ3v) is 2.93. The van der Waals surface area contributed by atoms with Crippen molar-refractivity contribution < 1.29 is 4.74 Å². The summed E-state index contributed by atoms with van der Waals surface area (Å²) in [5, 5.41) is 0. The van der Waals surface area contributed by atoms with Gasteiger partial charge >= 0.3 is 0 Å². The molecular weight excluding hydrogens is 204 g/mol. The van der Waals surface area contributed by atoms with Crippen molar-refractivity contribution in [2.45, 2.75) is 45.1 Å². The third-order valence-electron chi connectivity index (χ3n) is 2.67. The van der Waals surface area contributed by atoms with E-state index in [1.807, 2.05) is 0 Å². The highest BCUT2D eigenvalue weighted by molar-refractivity contribution is 9.09. The normalized spacial score (nSPS) is 32.2. The molecule has 0 spiro atoms. The third kappa shape index (κ3) is 3.12. The highest BCUT2D eigenvalue weighted by Crippen LogP contribution is 2.28. The first-order valence-electron chi connectivity index (χ1n) is 4.54. The van der Waals surface area contributed by atoms with E-state index in [9.17, 15) is 0 Å².